The number of rotatable bonds is 8. The summed E-state index contributed by atoms with van der Waals surface area (Å²) in [5, 5.41) is 6.71. The van der Waals surface area contributed by atoms with Gasteiger partial charge in [-0.05, 0) is 43.5 Å². The van der Waals surface area contributed by atoms with Crippen molar-refractivity contribution in [2.75, 3.05) is 38.5 Å². The van der Waals surface area contributed by atoms with Gasteiger partial charge in [-0.25, -0.2) is 9.98 Å². The van der Waals surface area contributed by atoms with Gasteiger partial charge in [0.2, 0.25) is 0 Å². The minimum atomic E-state index is -3.10. The summed E-state index contributed by atoms with van der Waals surface area (Å²) in [7, 11) is 2.02. The van der Waals surface area contributed by atoms with Crippen LogP contribution in [-0.2, 0) is 4.79 Å². The summed E-state index contributed by atoms with van der Waals surface area (Å²) in [6.07, 6.45) is 6.17. The predicted molar refractivity (Wildman–Crippen MR) is 165 cm³/mol. The van der Waals surface area contributed by atoms with Crippen LogP contribution in [0.4, 0.5) is 13.8 Å². The van der Waals surface area contributed by atoms with Gasteiger partial charge in [-0.15, -0.1) is 0 Å². The Balaban J connectivity index is 1.51. The number of carbonyl (C=O) groups is 2. The standard InChI is InChI=1S/C30H27ClF2N6O3S/c1-3-21(25-34-11-4-12-35-25)26(40)37-28-24(22-17-20(31)9-10-23(22)42-30(32)33)36-27(43-28)18-5-7-19(8-6-18)29(41)39-15-13-38(2)14-16-39/h3-12,17,30,34H,1,13-16H2,2H3,(H,37,40)/b25-21-. The molecule has 0 unspecified atom stereocenters. The fraction of sp³-hybridized carbons (Fsp3) is 0.200. The van der Waals surface area contributed by atoms with Crippen LogP contribution in [0.5, 0.6) is 5.75 Å². The van der Waals surface area contributed by atoms with Crippen LogP contribution < -0.4 is 15.4 Å². The van der Waals surface area contributed by atoms with E-state index in [1.54, 1.807) is 36.5 Å². The van der Waals surface area contributed by atoms with Gasteiger partial charge in [-0.3, -0.25) is 9.59 Å². The van der Waals surface area contributed by atoms with E-state index < -0.39 is 12.5 Å². The average molecular weight is 625 g/mol. The van der Waals surface area contributed by atoms with Gasteiger partial charge in [0, 0.05) is 60.3 Å². The molecule has 2 aromatic carbocycles. The number of hydrogen-bond donors (Lipinski definition) is 2. The Morgan fingerprint density at radius 1 is 1.16 bits per heavy atom. The monoisotopic (exact) mass is 624 g/mol. The molecule has 0 radical (unpaired) electrons. The molecule has 0 atom stereocenters. The second-order valence-corrected chi connectivity index (χ2v) is 11.0. The maximum Gasteiger partial charge on any atom is 0.387 e. The third-order valence-corrected chi connectivity index (χ3v) is 8.00. The van der Waals surface area contributed by atoms with Crippen molar-refractivity contribution in [3.8, 4) is 27.6 Å². The van der Waals surface area contributed by atoms with Gasteiger partial charge in [-0.1, -0.05) is 47.7 Å². The molecule has 13 heteroatoms. The number of nitrogens with one attached hydrogen (secondary N) is 2. The van der Waals surface area contributed by atoms with E-state index >= 15 is 0 Å². The summed E-state index contributed by atoms with van der Waals surface area (Å²) < 4.78 is 31.3. The van der Waals surface area contributed by atoms with Gasteiger partial charge in [0.1, 0.15) is 27.3 Å². The molecule has 5 rings (SSSR count). The van der Waals surface area contributed by atoms with E-state index in [4.69, 9.17) is 21.3 Å². The largest absolute Gasteiger partial charge is 0.434 e. The molecule has 9 nitrogen and oxygen atoms in total. The molecular weight excluding hydrogens is 598 g/mol. The van der Waals surface area contributed by atoms with E-state index in [1.165, 1.54) is 30.5 Å². The van der Waals surface area contributed by atoms with Gasteiger partial charge in [0.05, 0.1) is 5.57 Å². The summed E-state index contributed by atoms with van der Waals surface area (Å²) in [6, 6.07) is 11.1. The van der Waals surface area contributed by atoms with Gasteiger partial charge < -0.3 is 25.2 Å². The summed E-state index contributed by atoms with van der Waals surface area (Å²) in [6.45, 7) is 3.55. The van der Waals surface area contributed by atoms with E-state index in [0.717, 1.165) is 24.4 Å². The SMILES string of the molecule is C=C/C(C(=O)Nc1sc(-c2ccc(C(=O)N3CCN(C)CC3)cc2)nc1-c1cc(Cl)ccc1OC(F)F)=C1/N=CC=CN1. The van der Waals surface area contributed by atoms with Crippen molar-refractivity contribution < 1.29 is 23.1 Å². The highest BCUT2D eigenvalue weighted by molar-refractivity contribution is 7.19. The number of aromatic nitrogens is 1. The molecule has 0 bridgehead atoms. The van der Waals surface area contributed by atoms with E-state index in [9.17, 15) is 18.4 Å². The van der Waals surface area contributed by atoms with Crippen molar-refractivity contribution >= 4 is 46.0 Å². The van der Waals surface area contributed by atoms with Crippen molar-refractivity contribution in [3.63, 3.8) is 0 Å². The molecule has 3 heterocycles. The van der Waals surface area contributed by atoms with Gasteiger partial charge in [-0.2, -0.15) is 8.78 Å². The first kappa shape index (κ1) is 30.1. The summed E-state index contributed by atoms with van der Waals surface area (Å²) in [5.41, 5.74) is 1.70. The van der Waals surface area contributed by atoms with Crippen molar-refractivity contribution in [1.82, 2.24) is 20.1 Å². The molecule has 3 aromatic rings. The number of aliphatic imine (C=N–C) groups is 1. The molecule has 0 aliphatic carbocycles. The molecule has 2 aliphatic heterocycles. The van der Waals surface area contributed by atoms with Crippen LogP contribution in [0.1, 0.15) is 10.4 Å². The van der Waals surface area contributed by atoms with Gasteiger partial charge >= 0.3 is 6.61 Å². The lowest BCUT2D eigenvalue weighted by molar-refractivity contribution is -0.112. The van der Waals surface area contributed by atoms with E-state index in [-0.39, 0.29) is 44.3 Å². The van der Waals surface area contributed by atoms with E-state index in [1.807, 2.05) is 11.9 Å². The molecule has 2 N–H and O–H groups in total. The number of hydrogen-bond acceptors (Lipinski definition) is 8. The highest BCUT2D eigenvalue weighted by atomic mass is 35.5. The fourth-order valence-corrected chi connectivity index (χ4v) is 5.64. The van der Waals surface area contributed by atoms with E-state index in [0.29, 0.717) is 29.2 Å². The number of alkyl halides is 2. The van der Waals surface area contributed by atoms with Crippen LogP contribution in [0.15, 0.2) is 83.8 Å². The second kappa shape index (κ2) is 13.3. The first-order chi connectivity index (χ1) is 20.7. The smallest absolute Gasteiger partial charge is 0.387 e. The number of piperazine rings is 1. The summed E-state index contributed by atoms with van der Waals surface area (Å²) in [5.74, 6) is -0.482. The fourth-order valence-electron chi connectivity index (χ4n) is 4.48. The van der Waals surface area contributed by atoms with Gasteiger partial charge in [0.15, 0.2) is 0 Å². The molecule has 222 valence electrons. The number of amides is 2. The molecule has 2 amide bonds. The Hall–Kier alpha value is -4.39. The van der Waals surface area contributed by atoms with E-state index in [2.05, 4.69) is 27.1 Å². The minimum Gasteiger partial charge on any atom is -0.434 e. The van der Waals surface area contributed by atoms with Crippen LogP contribution in [0.25, 0.3) is 21.8 Å². The number of likely N-dealkylation sites (N-methyl/N-ethyl adjacent to an activating group) is 1. The number of anilines is 1. The maximum atomic E-state index is 13.4. The number of nitrogens with zero attached hydrogens (tertiary/aromatic N) is 4. The van der Waals surface area contributed by atoms with Crippen LogP contribution in [-0.4, -0.2) is 72.7 Å². The van der Waals surface area contributed by atoms with Crippen LogP contribution in [0.2, 0.25) is 5.02 Å². The highest BCUT2D eigenvalue weighted by Crippen LogP contribution is 2.43. The Kier molecular flexibility index (Phi) is 9.29. The minimum absolute atomic E-state index is 0.0565. The lowest BCUT2D eigenvalue weighted by Gasteiger charge is -2.32. The van der Waals surface area contributed by atoms with Gasteiger partial charge in [0.25, 0.3) is 11.8 Å². The first-order valence-electron chi connectivity index (χ1n) is 13.2. The highest BCUT2D eigenvalue weighted by Gasteiger charge is 2.24. The predicted octanol–water partition coefficient (Wildman–Crippen LogP) is 5.64. The third-order valence-electron chi connectivity index (χ3n) is 6.75. The molecular formula is C30H27ClF2N6O3S. The lowest BCUT2D eigenvalue weighted by atomic mass is 10.1. The molecule has 2 aliphatic rings. The maximum absolute atomic E-state index is 13.4. The van der Waals surface area contributed by atoms with Crippen LogP contribution >= 0.6 is 22.9 Å². The first-order valence-corrected chi connectivity index (χ1v) is 14.4. The summed E-state index contributed by atoms with van der Waals surface area (Å²) in [4.78, 5) is 39.3. The Labute approximate surface area is 255 Å². The van der Waals surface area contributed by atoms with Crippen LogP contribution in [0, 0.1) is 0 Å². The molecule has 43 heavy (non-hydrogen) atoms. The number of ether oxygens (including phenoxy) is 1. The van der Waals surface area contributed by atoms with Crippen molar-refractivity contribution in [3.05, 3.63) is 89.4 Å². The number of carbonyl (C=O) groups excluding carboxylic acids is 2. The molecule has 1 fully saturated rings. The van der Waals surface area contributed by atoms with Crippen molar-refractivity contribution in [2.45, 2.75) is 6.61 Å². The quantitative estimate of drug-likeness (QED) is 0.315. The average Bonchev–Trinajstić information content (AvgIpc) is 3.42. The van der Waals surface area contributed by atoms with Crippen LogP contribution in [0.3, 0.4) is 0 Å². The Bertz CT molecular complexity index is 1630. The Morgan fingerprint density at radius 3 is 2.56 bits per heavy atom. The molecule has 0 spiro atoms. The number of thiazole rings is 1. The lowest BCUT2D eigenvalue weighted by Crippen LogP contribution is -2.47. The molecule has 1 aromatic heterocycles. The third kappa shape index (κ3) is 6.99. The van der Waals surface area contributed by atoms with Crippen molar-refractivity contribution in [1.29, 1.82) is 0 Å². The zero-order valence-electron chi connectivity index (χ0n) is 23.0. The number of halogens is 3. The normalized spacial score (nSPS) is 16.2. The molecule has 0 saturated carbocycles. The molecule has 1 saturated heterocycles. The number of allylic oxidation sites excluding steroid dienone is 1. The second-order valence-electron chi connectivity index (χ2n) is 9.59. The summed E-state index contributed by atoms with van der Waals surface area (Å²) >= 11 is 7.36. The Morgan fingerprint density at radius 2 is 1.91 bits per heavy atom. The topological polar surface area (TPSA) is 99.2 Å². The zero-order valence-corrected chi connectivity index (χ0v) is 24.6. The number of benzene rings is 2. The zero-order chi connectivity index (χ0) is 30.5. The van der Waals surface area contributed by atoms with Crippen molar-refractivity contribution in [2.24, 2.45) is 4.99 Å².